The van der Waals surface area contributed by atoms with E-state index in [4.69, 9.17) is 11.6 Å². The van der Waals surface area contributed by atoms with Crippen LogP contribution in [0.1, 0.15) is 37.0 Å². The molecule has 1 fully saturated rings. The predicted molar refractivity (Wildman–Crippen MR) is 79.6 cm³/mol. The lowest BCUT2D eigenvalue weighted by molar-refractivity contribution is 0.493. The third-order valence-electron chi connectivity index (χ3n) is 3.56. The van der Waals surface area contributed by atoms with E-state index >= 15 is 0 Å². The zero-order valence-corrected chi connectivity index (χ0v) is 12.3. The van der Waals surface area contributed by atoms with Crippen molar-refractivity contribution in [2.45, 2.75) is 31.2 Å². The molecule has 0 aliphatic carbocycles. The van der Waals surface area contributed by atoms with Crippen LogP contribution < -0.4 is 0 Å². The van der Waals surface area contributed by atoms with Gasteiger partial charge in [0.25, 0.3) is 0 Å². The van der Waals surface area contributed by atoms with E-state index in [0.29, 0.717) is 11.6 Å². The first-order valence-corrected chi connectivity index (χ1v) is 8.15. The first kappa shape index (κ1) is 13.3. The monoisotopic (exact) mass is 298 g/mol. The number of aromatic nitrogens is 2. The van der Waals surface area contributed by atoms with Gasteiger partial charge in [-0.05, 0) is 37.7 Å². The summed E-state index contributed by atoms with van der Waals surface area (Å²) in [5.74, 6) is 2.79. The Morgan fingerprint density at radius 1 is 1.53 bits per heavy atom. The molecule has 1 aromatic heterocycles. The van der Waals surface area contributed by atoms with E-state index in [1.807, 2.05) is 24.8 Å². The lowest BCUT2D eigenvalue weighted by Gasteiger charge is -2.25. The fraction of sp³-hybridized carbons (Fsp3) is 0.500. The molecule has 2 heterocycles. The van der Waals surface area contributed by atoms with E-state index in [2.05, 4.69) is 9.55 Å². The normalized spacial score (nSPS) is 21.7. The zero-order valence-electron chi connectivity index (χ0n) is 10.8. The van der Waals surface area contributed by atoms with E-state index in [-0.39, 0.29) is 11.2 Å². The van der Waals surface area contributed by atoms with Crippen LogP contribution in [0.2, 0.25) is 0 Å². The van der Waals surface area contributed by atoms with Gasteiger partial charge in [0.2, 0.25) is 0 Å². The highest BCUT2D eigenvalue weighted by Crippen LogP contribution is 2.34. The van der Waals surface area contributed by atoms with Crippen molar-refractivity contribution in [2.24, 2.45) is 0 Å². The number of halogens is 2. The van der Waals surface area contributed by atoms with Crippen LogP contribution in [-0.4, -0.2) is 21.1 Å². The summed E-state index contributed by atoms with van der Waals surface area (Å²) < 4.78 is 16.0. The van der Waals surface area contributed by atoms with Crippen LogP contribution in [0.25, 0.3) is 11.0 Å². The summed E-state index contributed by atoms with van der Waals surface area (Å²) >= 11 is 8.19. The Morgan fingerprint density at radius 2 is 2.37 bits per heavy atom. The van der Waals surface area contributed by atoms with Gasteiger partial charge in [0.1, 0.15) is 11.3 Å². The highest BCUT2D eigenvalue weighted by atomic mass is 35.5. The Kier molecular flexibility index (Phi) is 3.72. The van der Waals surface area contributed by atoms with Crippen molar-refractivity contribution in [3.63, 3.8) is 0 Å². The van der Waals surface area contributed by atoms with E-state index in [0.717, 1.165) is 23.5 Å². The average molecular weight is 299 g/mol. The average Bonchev–Trinajstić information content (AvgIpc) is 2.81. The second-order valence-electron chi connectivity index (χ2n) is 4.93. The standard InChI is InChI=1S/C14H16ClFN2S/c1-9(15)14-17-13-11(16)5-2-6-12(13)18(14)10-4-3-7-19-8-10/h2,5-6,9-10H,3-4,7-8H2,1H3. The van der Waals surface area contributed by atoms with Crippen molar-refractivity contribution < 1.29 is 4.39 Å². The van der Waals surface area contributed by atoms with Crippen LogP contribution in [0.3, 0.4) is 0 Å². The summed E-state index contributed by atoms with van der Waals surface area (Å²) in [5.41, 5.74) is 1.32. The maximum atomic E-state index is 13.9. The molecule has 1 aliphatic heterocycles. The Labute approximate surface area is 121 Å². The smallest absolute Gasteiger partial charge is 0.151 e. The Hall–Kier alpha value is -0.740. The van der Waals surface area contributed by atoms with Crippen LogP contribution >= 0.6 is 23.4 Å². The maximum Gasteiger partial charge on any atom is 0.151 e. The minimum absolute atomic E-state index is 0.210. The van der Waals surface area contributed by atoms with Crippen molar-refractivity contribution in [2.75, 3.05) is 11.5 Å². The second kappa shape index (κ2) is 5.33. The maximum absolute atomic E-state index is 13.9. The Morgan fingerprint density at radius 3 is 3.05 bits per heavy atom. The third kappa shape index (κ3) is 2.36. The van der Waals surface area contributed by atoms with Gasteiger partial charge in [-0.2, -0.15) is 11.8 Å². The molecule has 0 radical (unpaired) electrons. The highest BCUT2D eigenvalue weighted by Gasteiger charge is 2.24. The number of para-hydroxylation sites is 1. The predicted octanol–water partition coefficient (Wildman–Crippen LogP) is 4.54. The summed E-state index contributed by atoms with van der Waals surface area (Å²) in [6, 6.07) is 5.52. The Balaban J connectivity index is 2.18. The summed E-state index contributed by atoms with van der Waals surface area (Å²) in [7, 11) is 0. The lowest BCUT2D eigenvalue weighted by Crippen LogP contribution is -2.18. The molecule has 2 atom stereocenters. The topological polar surface area (TPSA) is 17.8 Å². The minimum atomic E-state index is -0.265. The van der Waals surface area contributed by atoms with E-state index in [9.17, 15) is 4.39 Å². The number of rotatable bonds is 2. The van der Waals surface area contributed by atoms with Crippen LogP contribution in [0, 0.1) is 5.82 Å². The van der Waals surface area contributed by atoms with Crippen molar-refractivity contribution in [1.82, 2.24) is 9.55 Å². The van der Waals surface area contributed by atoms with Gasteiger partial charge >= 0.3 is 0 Å². The van der Waals surface area contributed by atoms with Gasteiger partial charge in [-0.1, -0.05) is 6.07 Å². The summed E-state index contributed by atoms with van der Waals surface area (Å²) in [6.45, 7) is 1.90. The quantitative estimate of drug-likeness (QED) is 0.757. The van der Waals surface area contributed by atoms with Crippen molar-refractivity contribution in [3.05, 3.63) is 29.8 Å². The molecule has 2 unspecified atom stereocenters. The molecule has 0 saturated carbocycles. The third-order valence-corrected chi connectivity index (χ3v) is 4.95. The molecule has 1 aromatic carbocycles. The minimum Gasteiger partial charge on any atom is -0.323 e. The van der Waals surface area contributed by atoms with Crippen LogP contribution in [0.15, 0.2) is 18.2 Å². The number of benzene rings is 1. The van der Waals surface area contributed by atoms with E-state index < -0.39 is 0 Å². The zero-order chi connectivity index (χ0) is 13.4. The number of thioether (sulfide) groups is 1. The van der Waals surface area contributed by atoms with Crippen LogP contribution in [0.5, 0.6) is 0 Å². The summed E-state index contributed by atoms with van der Waals surface area (Å²) in [4.78, 5) is 4.43. The largest absolute Gasteiger partial charge is 0.323 e. The lowest BCUT2D eigenvalue weighted by atomic mass is 10.1. The van der Waals surface area contributed by atoms with Crippen molar-refractivity contribution in [1.29, 1.82) is 0 Å². The molecule has 0 amide bonds. The van der Waals surface area contributed by atoms with Crippen LogP contribution in [-0.2, 0) is 0 Å². The number of alkyl halides is 1. The first-order valence-electron chi connectivity index (χ1n) is 6.56. The van der Waals surface area contributed by atoms with Gasteiger partial charge in [0.15, 0.2) is 5.82 Å². The molecule has 1 saturated heterocycles. The second-order valence-corrected chi connectivity index (χ2v) is 6.74. The number of imidazole rings is 1. The molecule has 0 N–H and O–H groups in total. The molecule has 2 nitrogen and oxygen atoms in total. The van der Waals surface area contributed by atoms with Crippen molar-refractivity contribution in [3.8, 4) is 0 Å². The summed E-state index contributed by atoms with van der Waals surface area (Å²) in [5, 5.41) is -0.210. The van der Waals surface area contributed by atoms with Crippen LogP contribution in [0.4, 0.5) is 4.39 Å². The van der Waals surface area contributed by atoms with Gasteiger partial charge in [0, 0.05) is 11.8 Å². The van der Waals surface area contributed by atoms with Gasteiger partial charge in [0.05, 0.1) is 10.9 Å². The van der Waals surface area contributed by atoms with Gasteiger partial charge in [-0.25, -0.2) is 9.37 Å². The molecule has 2 aromatic rings. The number of hydrogen-bond donors (Lipinski definition) is 0. The van der Waals surface area contributed by atoms with E-state index in [1.54, 1.807) is 6.07 Å². The Bertz CT molecular complexity index is 590. The summed E-state index contributed by atoms with van der Waals surface area (Å²) in [6.07, 6.45) is 2.31. The van der Waals surface area contributed by atoms with E-state index in [1.165, 1.54) is 18.2 Å². The molecule has 102 valence electrons. The van der Waals surface area contributed by atoms with Gasteiger partial charge < -0.3 is 4.57 Å². The first-order chi connectivity index (χ1) is 9.18. The number of hydrogen-bond acceptors (Lipinski definition) is 2. The fourth-order valence-corrected chi connectivity index (χ4v) is 3.97. The molecule has 19 heavy (non-hydrogen) atoms. The SMILES string of the molecule is CC(Cl)c1nc2c(F)cccc2n1C1CCCSC1. The number of fused-ring (bicyclic) bond motifs is 1. The fourth-order valence-electron chi connectivity index (χ4n) is 2.69. The molecule has 5 heteroatoms. The molecule has 1 aliphatic rings. The molecule has 0 spiro atoms. The molecule has 3 rings (SSSR count). The van der Waals surface area contributed by atoms with Gasteiger partial charge in [-0.3, -0.25) is 0 Å². The van der Waals surface area contributed by atoms with Gasteiger partial charge in [-0.15, -0.1) is 11.6 Å². The molecular weight excluding hydrogens is 283 g/mol. The highest BCUT2D eigenvalue weighted by molar-refractivity contribution is 7.99. The molecule has 0 bridgehead atoms. The number of nitrogens with zero attached hydrogens (tertiary/aromatic N) is 2. The van der Waals surface area contributed by atoms with Crippen molar-refractivity contribution >= 4 is 34.4 Å². The molecular formula is C14H16ClFN2S.